The maximum atomic E-state index is 11.1. The monoisotopic (exact) mass is 212 g/mol. The number of nitrogens with zero attached hydrogens (tertiary/aromatic N) is 2. The van der Waals surface area contributed by atoms with Crippen molar-refractivity contribution < 1.29 is 9.53 Å². The lowest BCUT2D eigenvalue weighted by Gasteiger charge is -2.06. The van der Waals surface area contributed by atoms with E-state index in [1.807, 2.05) is 13.8 Å². The fraction of sp³-hybridized carbons (Fsp3) is 0.444. The molecule has 0 unspecified atom stereocenters. The predicted octanol–water partition coefficient (Wildman–Crippen LogP) is 1.52. The van der Waals surface area contributed by atoms with E-state index in [0.29, 0.717) is 0 Å². The Morgan fingerprint density at radius 3 is 3.00 bits per heavy atom. The molecule has 1 heterocycles. The molecule has 0 radical (unpaired) electrons. The smallest absolute Gasteiger partial charge is 0.316 e. The standard InChI is InChI=1S/C9H12N2O2S/c1-7(2)13-9(12)5-14-8-3-4-10-6-11-8/h3-4,6-7H,5H2,1-2H3. The van der Waals surface area contributed by atoms with Crippen LogP contribution >= 0.6 is 11.8 Å². The van der Waals surface area contributed by atoms with Crippen LogP contribution in [0.25, 0.3) is 0 Å². The highest BCUT2D eigenvalue weighted by atomic mass is 32.2. The van der Waals surface area contributed by atoms with Gasteiger partial charge in [-0.2, -0.15) is 0 Å². The Balaban J connectivity index is 2.31. The Bertz CT molecular complexity index is 290. The summed E-state index contributed by atoms with van der Waals surface area (Å²) in [6.45, 7) is 3.65. The zero-order chi connectivity index (χ0) is 10.4. The highest BCUT2D eigenvalue weighted by molar-refractivity contribution is 7.99. The number of esters is 1. The van der Waals surface area contributed by atoms with E-state index in [-0.39, 0.29) is 17.8 Å². The van der Waals surface area contributed by atoms with Crippen LogP contribution in [0.5, 0.6) is 0 Å². The zero-order valence-corrected chi connectivity index (χ0v) is 8.95. The summed E-state index contributed by atoms with van der Waals surface area (Å²) in [6, 6.07) is 1.76. The summed E-state index contributed by atoms with van der Waals surface area (Å²) in [5, 5.41) is 0.778. The van der Waals surface area contributed by atoms with Crippen molar-refractivity contribution in [2.75, 3.05) is 5.75 Å². The van der Waals surface area contributed by atoms with E-state index in [1.165, 1.54) is 18.1 Å². The summed E-state index contributed by atoms with van der Waals surface area (Å²) in [5.74, 6) is 0.0680. The highest BCUT2D eigenvalue weighted by Gasteiger charge is 2.06. The van der Waals surface area contributed by atoms with Gasteiger partial charge in [-0.15, -0.1) is 0 Å². The van der Waals surface area contributed by atoms with Gasteiger partial charge in [-0.3, -0.25) is 4.79 Å². The Kier molecular flexibility index (Phi) is 4.39. The van der Waals surface area contributed by atoms with Gasteiger partial charge in [0.1, 0.15) is 6.33 Å². The van der Waals surface area contributed by atoms with Gasteiger partial charge in [0.15, 0.2) is 0 Å². The van der Waals surface area contributed by atoms with Crippen LogP contribution in [0.2, 0.25) is 0 Å². The maximum absolute atomic E-state index is 11.1. The van der Waals surface area contributed by atoms with Crippen molar-refractivity contribution in [3.8, 4) is 0 Å². The van der Waals surface area contributed by atoms with Crippen LogP contribution < -0.4 is 0 Å². The van der Waals surface area contributed by atoms with Crippen LogP contribution in [0.3, 0.4) is 0 Å². The number of hydrogen-bond donors (Lipinski definition) is 0. The molecule has 1 aromatic rings. The summed E-state index contributed by atoms with van der Waals surface area (Å²) in [6.07, 6.45) is 3.03. The first-order valence-corrected chi connectivity index (χ1v) is 5.25. The second-order valence-corrected chi connectivity index (χ2v) is 3.87. The zero-order valence-electron chi connectivity index (χ0n) is 8.14. The SMILES string of the molecule is CC(C)OC(=O)CSc1ccncn1. The Labute approximate surface area is 87.1 Å². The van der Waals surface area contributed by atoms with E-state index in [0.717, 1.165) is 5.03 Å². The molecule has 0 saturated carbocycles. The quantitative estimate of drug-likeness (QED) is 0.430. The van der Waals surface area contributed by atoms with Gasteiger partial charge in [-0.25, -0.2) is 9.97 Å². The minimum absolute atomic E-state index is 0.0616. The molecule has 14 heavy (non-hydrogen) atoms. The second kappa shape index (κ2) is 5.59. The largest absolute Gasteiger partial charge is 0.462 e. The molecule has 0 spiro atoms. The van der Waals surface area contributed by atoms with E-state index in [9.17, 15) is 4.79 Å². The molecule has 1 aromatic heterocycles. The number of ether oxygens (including phenoxy) is 1. The molecular weight excluding hydrogens is 200 g/mol. The van der Waals surface area contributed by atoms with Gasteiger partial charge in [0.25, 0.3) is 0 Å². The lowest BCUT2D eigenvalue weighted by Crippen LogP contribution is -2.13. The maximum Gasteiger partial charge on any atom is 0.316 e. The van der Waals surface area contributed by atoms with Crippen molar-refractivity contribution in [3.05, 3.63) is 18.6 Å². The molecule has 0 amide bonds. The Morgan fingerprint density at radius 2 is 2.43 bits per heavy atom. The van der Waals surface area contributed by atoms with E-state index in [1.54, 1.807) is 12.3 Å². The van der Waals surface area contributed by atoms with Crippen LogP contribution in [0, 0.1) is 0 Å². The third-order valence-corrected chi connectivity index (χ3v) is 2.18. The van der Waals surface area contributed by atoms with Crippen molar-refractivity contribution in [1.29, 1.82) is 0 Å². The first-order chi connectivity index (χ1) is 6.68. The van der Waals surface area contributed by atoms with Gasteiger partial charge in [0.2, 0.25) is 0 Å². The molecule has 0 atom stereocenters. The molecule has 0 aliphatic carbocycles. The van der Waals surface area contributed by atoms with Gasteiger partial charge >= 0.3 is 5.97 Å². The molecule has 0 aromatic carbocycles. The van der Waals surface area contributed by atoms with Crippen molar-refractivity contribution in [3.63, 3.8) is 0 Å². The Morgan fingerprint density at radius 1 is 1.64 bits per heavy atom. The van der Waals surface area contributed by atoms with E-state index >= 15 is 0 Å². The number of thioether (sulfide) groups is 1. The lowest BCUT2D eigenvalue weighted by molar-refractivity contribution is -0.144. The van der Waals surface area contributed by atoms with Crippen LogP contribution in [-0.2, 0) is 9.53 Å². The predicted molar refractivity (Wildman–Crippen MR) is 54.0 cm³/mol. The molecule has 5 heteroatoms. The summed E-state index contributed by atoms with van der Waals surface area (Å²) < 4.78 is 4.97. The molecule has 0 aliphatic heterocycles. The Hall–Kier alpha value is -1.10. The van der Waals surface area contributed by atoms with E-state index in [4.69, 9.17) is 4.74 Å². The molecule has 1 rings (SSSR count). The minimum Gasteiger partial charge on any atom is -0.462 e. The average molecular weight is 212 g/mol. The molecule has 0 fully saturated rings. The third kappa shape index (κ3) is 4.23. The van der Waals surface area contributed by atoms with Crippen molar-refractivity contribution in [1.82, 2.24) is 9.97 Å². The van der Waals surface area contributed by atoms with Gasteiger partial charge in [-0.05, 0) is 19.9 Å². The van der Waals surface area contributed by atoms with E-state index in [2.05, 4.69) is 9.97 Å². The topological polar surface area (TPSA) is 52.1 Å². The summed E-state index contributed by atoms with van der Waals surface area (Å²) >= 11 is 1.34. The molecular formula is C9H12N2O2S. The number of hydrogen-bond acceptors (Lipinski definition) is 5. The van der Waals surface area contributed by atoms with Crippen molar-refractivity contribution in [2.24, 2.45) is 0 Å². The molecule has 0 aliphatic rings. The normalized spacial score (nSPS) is 10.2. The first-order valence-electron chi connectivity index (χ1n) is 4.27. The van der Waals surface area contributed by atoms with Gasteiger partial charge < -0.3 is 4.74 Å². The molecule has 0 bridgehead atoms. The van der Waals surface area contributed by atoms with Crippen LogP contribution in [0.1, 0.15) is 13.8 Å². The third-order valence-electron chi connectivity index (χ3n) is 1.26. The van der Waals surface area contributed by atoms with E-state index < -0.39 is 0 Å². The van der Waals surface area contributed by atoms with Crippen LogP contribution in [0.15, 0.2) is 23.6 Å². The highest BCUT2D eigenvalue weighted by Crippen LogP contribution is 2.13. The number of aromatic nitrogens is 2. The summed E-state index contributed by atoms with van der Waals surface area (Å²) in [4.78, 5) is 18.9. The van der Waals surface area contributed by atoms with Crippen LogP contribution in [-0.4, -0.2) is 27.8 Å². The fourth-order valence-electron chi connectivity index (χ4n) is 0.794. The fourth-order valence-corrected chi connectivity index (χ4v) is 1.41. The molecule has 4 nitrogen and oxygen atoms in total. The molecule has 0 saturated heterocycles. The second-order valence-electron chi connectivity index (χ2n) is 2.87. The molecule has 0 N–H and O–H groups in total. The molecule has 76 valence electrons. The van der Waals surface area contributed by atoms with Gasteiger partial charge in [-0.1, -0.05) is 11.8 Å². The van der Waals surface area contributed by atoms with Crippen LogP contribution in [0.4, 0.5) is 0 Å². The van der Waals surface area contributed by atoms with Crippen molar-refractivity contribution >= 4 is 17.7 Å². The summed E-state index contributed by atoms with van der Waals surface area (Å²) in [5.41, 5.74) is 0. The summed E-state index contributed by atoms with van der Waals surface area (Å²) in [7, 11) is 0. The number of rotatable bonds is 4. The minimum atomic E-state index is -0.219. The van der Waals surface area contributed by atoms with Crippen molar-refractivity contribution in [2.45, 2.75) is 25.0 Å². The van der Waals surface area contributed by atoms with Gasteiger partial charge in [0.05, 0.1) is 16.9 Å². The average Bonchev–Trinajstić information content (AvgIpc) is 2.15. The lowest BCUT2D eigenvalue weighted by atomic mass is 10.5. The van der Waals surface area contributed by atoms with Gasteiger partial charge in [0, 0.05) is 6.20 Å². The number of carbonyl (C=O) groups is 1. The first kappa shape index (κ1) is 11.0. The number of carbonyl (C=O) groups excluding carboxylic acids is 1.